The van der Waals surface area contributed by atoms with Gasteiger partial charge in [-0.1, -0.05) is 41.9 Å². The van der Waals surface area contributed by atoms with Gasteiger partial charge in [-0.3, -0.25) is 0 Å². The first kappa shape index (κ1) is 26.3. The minimum absolute atomic E-state index is 0.387. The van der Waals surface area contributed by atoms with E-state index >= 15 is 0 Å². The van der Waals surface area contributed by atoms with Crippen molar-refractivity contribution in [1.29, 1.82) is 5.26 Å². The van der Waals surface area contributed by atoms with Crippen LogP contribution in [0.2, 0.25) is 5.02 Å². The van der Waals surface area contributed by atoms with Gasteiger partial charge < -0.3 is 14.4 Å². The predicted molar refractivity (Wildman–Crippen MR) is 156 cm³/mol. The van der Waals surface area contributed by atoms with Crippen molar-refractivity contribution < 1.29 is 9.84 Å². The first-order chi connectivity index (χ1) is 19.9. The van der Waals surface area contributed by atoms with Gasteiger partial charge in [-0.05, 0) is 59.2 Å². The Balaban J connectivity index is 1.50. The van der Waals surface area contributed by atoms with E-state index in [0.29, 0.717) is 56.2 Å². The average Bonchev–Trinajstić information content (AvgIpc) is 3.69. The van der Waals surface area contributed by atoms with Gasteiger partial charge in [0, 0.05) is 41.8 Å². The maximum absolute atomic E-state index is 12.4. The number of rotatable bonds is 7. The Hall–Kier alpha value is -4.97. The summed E-state index contributed by atoms with van der Waals surface area (Å²) < 4.78 is 9.21. The number of methoxy groups -OCH3 is 1. The third-order valence-corrected chi connectivity index (χ3v) is 7.56. The van der Waals surface area contributed by atoms with Gasteiger partial charge in [0.2, 0.25) is 5.88 Å². The molecule has 3 aromatic carbocycles. The Labute approximate surface area is 241 Å². The number of aromatic nitrogens is 5. The lowest BCUT2D eigenvalue weighted by Gasteiger charge is -2.30. The van der Waals surface area contributed by atoms with Gasteiger partial charge in [-0.25, -0.2) is 14.6 Å². The highest BCUT2D eigenvalue weighted by molar-refractivity contribution is 6.30. The summed E-state index contributed by atoms with van der Waals surface area (Å²) in [7, 11) is 3.38. The summed E-state index contributed by atoms with van der Waals surface area (Å²) in [4.78, 5) is 8.99. The van der Waals surface area contributed by atoms with E-state index in [9.17, 15) is 10.4 Å². The molecule has 0 amide bonds. The molecule has 6 rings (SSSR count). The standard InChI is InChI=1S/C32H25ClN6O2/c1-38-20-35-19-30(38)32(40,22-6-9-24(33)10-7-22)23-8-13-29-26(17-23)28(18-34)27(31(37-29)41-2)16-21-4-11-25(12-5-21)39-15-3-14-36-39/h3-15,17,19-20,40H,16H2,1-2H3. The normalized spacial score (nSPS) is 12.7. The Morgan fingerprint density at radius 2 is 1.80 bits per heavy atom. The van der Waals surface area contributed by atoms with Crippen molar-refractivity contribution >= 4 is 22.5 Å². The molecule has 1 atom stereocenters. The molecular weight excluding hydrogens is 536 g/mol. The van der Waals surface area contributed by atoms with Gasteiger partial charge in [0.05, 0.1) is 42.1 Å². The van der Waals surface area contributed by atoms with Crippen molar-refractivity contribution in [3.8, 4) is 17.6 Å². The van der Waals surface area contributed by atoms with E-state index in [2.05, 4.69) is 16.2 Å². The van der Waals surface area contributed by atoms with E-state index in [4.69, 9.17) is 21.3 Å². The smallest absolute Gasteiger partial charge is 0.218 e. The van der Waals surface area contributed by atoms with Gasteiger partial charge in [0.15, 0.2) is 5.60 Å². The maximum atomic E-state index is 12.4. The fourth-order valence-corrected chi connectivity index (χ4v) is 5.34. The van der Waals surface area contributed by atoms with Gasteiger partial charge in [-0.15, -0.1) is 0 Å². The van der Waals surface area contributed by atoms with Gasteiger partial charge >= 0.3 is 0 Å². The van der Waals surface area contributed by atoms with Crippen LogP contribution in [-0.4, -0.2) is 36.5 Å². The van der Waals surface area contributed by atoms with Gasteiger partial charge in [0.25, 0.3) is 0 Å². The summed E-state index contributed by atoms with van der Waals surface area (Å²) in [6, 6.07) is 24.7. The Bertz CT molecular complexity index is 1890. The molecule has 0 fully saturated rings. The van der Waals surface area contributed by atoms with Crippen molar-refractivity contribution in [1.82, 2.24) is 24.3 Å². The second kappa shape index (κ2) is 10.5. The van der Waals surface area contributed by atoms with Crippen molar-refractivity contribution in [3.05, 3.63) is 136 Å². The molecule has 0 bridgehead atoms. The summed E-state index contributed by atoms with van der Waals surface area (Å²) in [6.07, 6.45) is 7.32. The van der Waals surface area contributed by atoms with Crippen LogP contribution in [0.15, 0.2) is 97.7 Å². The highest BCUT2D eigenvalue weighted by Gasteiger charge is 2.37. The minimum atomic E-state index is -1.57. The number of fused-ring (bicyclic) bond motifs is 1. The first-order valence-corrected chi connectivity index (χ1v) is 13.3. The lowest BCUT2D eigenvalue weighted by atomic mass is 9.82. The molecule has 6 aromatic rings. The van der Waals surface area contributed by atoms with Crippen LogP contribution in [0.3, 0.4) is 0 Å². The van der Waals surface area contributed by atoms with E-state index in [1.54, 1.807) is 65.4 Å². The van der Waals surface area contributed by atoms with Crippen LogP contribution < -0.4 is 4.74 Å². The highest BCUT2D eigenvalue weighted by atomic mass is 35.5. The molecule has 41 heavy (non-hydrogen) atoms. The molecule has 3 heterocycles. The number of hydrogen-bond donors (Lipinski definition) is 1. The zero-order valence-corrected chi connectivity index (χ0v) is 23.1. The van der Waals surface area contributed by atoms with Gasteiger partial charge in [-0.2, -0.15) is 10.4 Å². The monoisotopic (exact) mass is 560 g/mol. The molecule has 9 heteroatoms. The molecule has 0 aliphatic heterocycles. The third kappa shape index (κ3) is 4.61. The molecular formula is C32H25ClN6O2. The molecule has 1 N–H and O–H groups in total. The zero-order valence-electron chi connectivity index (χ0n) is 22.4. The molecule has 0 radical (unpaired) electrons. The zero-order chi connectivity index (χ0) is 28.6. The lowest BCUT2D eigenvalue weighted by molar-refractivity contribution is 0.117. The molecule has 0 saturated heterocycles. The number of ether oxygens (including phenoxy) is 1. The summed E-state index contributed by atoms with van der Waals surface area (Å²) in [6.45, 7) is 0. The number of hydrogen-bond acceptors (Lipinski definition) is 6. The van der Waals surface area contributed by atoms with Crippen molar-refractivity contribution in [3.63, 3.8) is 0 Å². The molecule has 0 spiro atoms. The average molecular weight is 561 g/mol. The largest absolute Gasteiger partial charge is 0.481 e. The number of pyridine rings is 1. The Kier molecular flexibility index (Phi) is 6.75. The van der Waals surface area contributed by atoms with E-state index in [-0.39, 0.29) is 0 Å². The lowest BCUT2D eigenvalue weighted by Crippen LogP contribution is -2.31. The highest BCUT2D eigenvalue weighted by Crippen LogP contribution is 2.39. The van der Waals surface area contributed by atoms with E-state index in [1.807, 2.05) is 55.7 Å². The molecule has 1 unspecified atom stereocenters. The number of benzene rings is 3. The van der Waals surface area contributed by atoms with Crippen LogP contribution in [0.5, 0.6) is 5.88 Å². The van der Waals surface area contributed by atoms with Crippen LogP contribution in [0, 0.1) is 11.3 Å². The second-order valence-electron chi connectivity index (χ2n) is 9.72. The second-order valence-corrected chi connectivity index (χ2v) is 10.2. The van der Waals surface area contributed by atoms with Crippen LogP contribution in [0.1, 0.15) is 33.5 Å². The summed E-state index contributed by atoms with van der Waals surface area (Å²) in [5, 5.41) is 28.2. The summed E-state index contributed by atoms with van der Waals surface area (Å²) >= 11 is 6.17. The SMILES string of the molecule is COc1nc2ccc(C(O)(c3ccc(Cl)cc3)c3cncn3C)cc2c(C#N)c1Cc1ccc(-n2cccn2)cc1. The van der Waals surface area contributed by atoms with Crippen LogP contribution in [-0.2, 0) is 19.1 Å². The molecule has 202 valence electrons. The topological polar surface area (TPSA) is 102 Å². The fraction of sp³-hybridized carbons (Fsp3) is 0.125. The fourth-order valence-electron chi connectivity index (χ4n) is 5.22. The van der Waals surface area contributed by atoms with E-state index < -0.39 is 5.60 Å². The van der Waals surface area contributed by atoms with Crippen LogP contribution in [0.4, 0.5) is 0 Å². The van der Waals surface area contributed by atoms with Crippen LogP contribution >= 0.6 is 11.6 Å². The summed E-state index contributed by atoms with van der Waals surface area (Å²) in [5.41, 5.74) is 3.79. The Morgan fingerprint density at radius 1 is 1.05 bits per heavy atom. The number of nitrogens with zero attached hydrogens (tertiary/aromatic N) is 6. The minimum Gasteiger partial charge on any atom is -0.481 e. The molecule has 0 aliphatic rings. The van der Waals surface area contributed by atoms with E-state index in [0.717, 1.165) is 11.3 Å². The molecule has 0 saturated carbocycles. The summed E-state index contributed by atoms with van der Waals surface area (Å²) in [5.74, 6) is 0.387. The van der Waals surface area contributed by atoms with Crippen molar-refractivity contribution in [2.45, 2.75) is 12.0 Å². The molecule has 3 aromatic heterocycles. The number of aryl methyl sites for hydroxylation is 1. The predicted octanol–water partition coefficient (Wildman–Crippen LogP) is 5.56. The number of nitriles is 1. The quantitative estimate of drug-likeness (QED) is 0.274. The molecule has 0 aliphatic carbocycles. The number of imidazole rings is 1. The van der Waals surface area contributed by atoms with Crippen molar-refractivity contribution in [2.24, 2.45) is 7.05 Å². The first-order valence-electron chi connectivity index (χ1n) is 12.9. The van der Waals surface area contributed by atoms with E-state index in [1.165, 1.54) is 0 Å². The molecule has 8 nitrogen and oxygen atoms in total. The van der Waals surface area contributed by atoms with Gasteiger partial charge in [0.1, 0.15) is 6.07 Å². The third-order valence-electron chi connectivity index (χ3n) is 7.31. The maximum Gasteiger partial charge on any atom is 0.218 e. The van der Waals surface area contributed by atoms with Crippen molar-refractivity contribution in [2.75, 3.05) is 7.11 Å². The number of aliphatic hydroxyl groups is 1. The van der Waals surface area contributed by atoms with Crippen LogP contribution in [0.25, 0.3) is 16.6 Å². The Morgan fingerprint density at radius 3 is 2.44 bits per heavy atom. The number of halogens is 1.